The van der Waals surface area contributed by atoms with Gasteiger partial charge in [0, 0.05) is 27.7 Å². The smallest absolute Gasteiger partial charge is 0.244 e. The number of hydrogen-bond acceptors (Lipinski definition) is 4. The first-order chi connectivity index (χ1) is 19.9. The van der Waals surface area contributed by atoms with Crippen LogP contribution in [-0.2, 0) is 26.2 Å². The molecule has 0 spiro atoms. The van der Waals surface area contributed by atoms with Crippen molar-refractivity contribution in [2.45, 2.75) is 59.9 Å². The summed E-state index contributed by atoms with van der Waals surface area (Å²) in [6, 6.07) is 21.0. The van der Waals surface area contributed by atoms with Gasteiger partial charge in [-0.2, -0.15) is 10.2 Å². The predicted molar refractivity (Wildman–Crippen MR) is 151 cm³/mol. The lowest BCUT2D eigenvalue weighted by Gasteiger charge is -2.20. The Bertz CT molecular complexity index is 1800. The van der Waals surface area contributed by atoms with E-state index in [9.17, 15) is 0 Å². The van der Waals surface area contributed by atoms with Crippen LogP contribution in [0, 0.1) is 27.7 Å². The highest BCUT2D eigenvalue weighted by atomic mass is 15.4. The Morgan fingerprint density at radius 1 is 0.707 bits per heavy atom. The fourth-order valence-electron chi connectivity index (χ4n) is 5.78. The van der Waals surface area contributed by atoms with Gasteiger partial charge in [0.2, 0.25) is 12.7 Å². The summed E-state index contributed by atoms with van der Waals surface area (Å²) in [5.74, 6) is 3.30. The van der Waals surface area contributed by atoms with Crippen molar-refractivity contribution in [2.75, 3.05) is 0 Å². The molecule has 1 N–H and O–H groups in total. The molecule has 0 atom stereocenters. The van der Waals surface area contributed by atoms with Crippen LogP contribution in [0.3, 0.4) is 0 Å². The number of H-pyrrole nitrogens is 1. The van der Waals surface area contributed by atoms with E-state index in [0.29, 0.717) is 26.2 Å². The fourth-order valence-corrected chi connectivity index (χ4v) is 5.78. The number of nitrogens with one attached hydrogen (secondary N) is 1. The van der Waals surface area contributed by atoms with E-state index in [0.717, 1.165) is 23.3 Å². The first kappa shape index (κ1) is 25.1. The van der Waals surface area contributed by atoms with Crippen LogP contribution in [0.15, 0.2) is 73.3 Å². The Morgan fingerprint density at radius 3 is 1.93 bits per heavy atom. The standard InChI is InChI=1S/C31H34N10/c1-21-22(2)39-17-29-33-30(41(36-29)31(25-11-7-5-8-12-25)26-13-9-6-10-14-26)18-40-20-38(23(3)24(40)4)16-28-32-27(34-35-28)15-37(21)19-39/h5-14,19-20,31H,15-18H2,1-4H3,(H,32,34,35)/q+2. The van der Waals surface area contributed by atoms with Crippen LogP contribution in [0.4, 0.5) is 0 Å². The van der Waals surface area contributed by atoms with Gasteiger partial charge in [-0.1, -0.05) is 60.7 Å². The van der Waals surface area contributed by atoms with Crippen molar-refractivity contribution in [3.63, 3.8) is 0 Å². The van der Waals surface area contributed by atoms with Crippen molar-refractivity contribution >= 4 is 0 Å². The zero-order chi connectivity index (χ0) is 28.1. The van der Waals surface area contributed by atoms with E-state index in [2.05, 4.69) is 134 Å². The zero-order valence-corrected chi connectivity index (χ0v) is 23.9. The Hall–Kier alpha value is -4.86. The highest BCUT2D eigenvalue weighted by Gasteiger charge is 2.28. The lowest BCUT2D eigenvalue weighted by molar-refractivity contribution is -0.695. The zero-order valence-electron chi connectivity index (χ0n) is 23.9. The molecule has 10 heteroatoms. The van der Waals surface area contributed by atoms with Gasteiger partial charge in [0.15, 0.2) is 36.4 Å². The van der Waals surface area contributed by atoms with Crippen molar-refractivity contribution in [1.29, 1.82) is 0 Å². The molecule has 0 aliphatic carbocycles. The molecular weight excluding hydrogens is 512 g/mol. The molecular formula is C31H34N10+2. The third-order valence-electron chi connectivity index (χ3n) is 8.38. The quantitative estimate of drug-likeness (QED) is 0.345. The Kier molecular flexibility index (Phi) is 6.10. The molecule has 6 aromatic rings. The average molecular weight is 547 g/mol. The van der Waals surface area contributed by atoms with Gasteiger partial charge in [-0.25, -0.2) is 32.9 Å². The summed E-state index contributed by atoms with van der Waals surface area (Å²) < 4.78 is 11.0. The molecule has 41 heavy (non-hydrogen) atoms. The summed E-state index contributed by atoms with van der Waals surface area (Å²) >= 11 is 0. The maximum Gasteiger partial charge on any atom is 0.244 e. The molecule has 4 aromatic heterocycles. The maximum absolute atomic E-state index is 5.21. The monoisotopic (exact) mass is 546 g/mol. The van der Waals surface area contributed by atoms with Crippen LogP contribution in [0.5, 0.6) is 0 Å². The second kappa shape index (κ2) is 9.96. The van der Waals surface area contributed by atoms with E-state index in [1.54, 1.807) is 0 Å². The first-order valence-electron chi connectivity index (χ1n) is 14.0. The number of benzene rings is 2. The number of aromatic amines is 1. The van der Waals surface area contributed by atoms with Gasteiger partial charge in [0.05, 0.1) is 0 Å². The molecule has 7 rings (SSSR count). The molecule has 8 bridgehead atoms. The molecule has 0 amide bonds. The lowest BCUT2D eigenvalue weighted by Crippen LogP contribution is -2.36. The molecule has 0 saturated heterocycles. The van der Waals surface area contributed by atoms with Crippen molar-refractivity contribution < 1.29 is 9.13 Å². The molecule has 206 valence electrons. The van der Waals surface area contributed by atoms with Gasteiger partial charge in [-0.3, -0.25) is 5.10 Å². The second-order valence-electron chi connectivity index (χ2n) is 10.9. The van der Waals surface area contributed by atoms with Gasteiger partial charge < -0.3 is 0 Å². The minimum absolute atomic E-state index is 0.108. The number of imidazole rings is 2. The molecule has 0 fully saturated rings. The van der Waals surface area contributed by atoms with Crippen molar-refractivity contribution in [3.05, 3.63) is 131 Å². The van der Waals surface area contributed by atoms with E-state index < -0.39 is 0 Å². The summed E-state index contributed by atoms with van der Waals surface area (Å²) in [5.41, 5.74) is 7.04. The van der Waals surface area contributed by atoms with Gasteiger partial charge >= 0.3 is 0 Å². The van der Waals surface area contributed by atoms with E-state index in [-0.39, 0.29) is 6.04 Å². The molecule has 5 heterocycles. The third-order valence-corrected chi connectivity index (χ3v) is 8.38. The summed E-state index contributed by atoms with van der Waals surface area (Å²) in [6.45, 7) is 10.9. The third kappa shape index (κ3) is 4.55. The molecule has 1 aliphatic rings. The molecule has 0 unspecified atom stereocenters. The molecule has 2 aromatic carbocycles. The number of fused-ring (bicyclic) bond motifs is 8. The number of nitrogens with zero attached hydrogens (tertiary/aromatic N) is 9. The van der Waals surface area contributed by atoms with Crippen molar-refractivity contribution in [3.8, 4) is 0 Å². The van der Waals surface area contributed by atoms with Crippen LogP contribution < -0.4 is 9.13 Å². The second-order valence-corrected chi connectivity index (χ2v) is 10.9. The Morgan fingerprint density at radius 2 is 1.29 bits per heavy atom. The van der Waals surface area contributed by atoms with E-state index in [1.165, 1.54) is 33.9 Å². The largest absolute Gasteiger partial charge is 0.260 e. The molecule has 10 nitrogen and oxygen atoms in total. The van der Waals surface area contributed by atoms with E-state index in [1.807, 2.05) is 0 Å². The van der Waals surface area contributed by atoms with Crippen molar-refractivity contribution in [1.82, 2.24) is 39.1 Å². The average Bonchev–Trinajstić information content (AvgIpc) is 3.72. The van der Waals surface area contributed by atoms with Gasteiger partial charge in [-0.05, 0) is 11.1 Å². The van der Waals surface area contributed by atoms with Crippen LogP contribution >= 0.6 is 0 Å². The number of hydrogen-bond donors (Lipinski definition) is 1. The first-order valence-corrected chi connectivity index (χ1v) is 14.0. The topological polar surface area (TPSA) is 89.9 Å². The normalized spacial score (nSPS) is 13.2. The Labute approximate surface area is 238 Å². The van der Waals surface area contributed by atoms with Crippen LogP contribution in [0.2, 0.25) is 0 Å². The van der Waals surface area contributed by atoms with Crippen molar-refractivity contribution in [2.24, 2.45) is 0 Å². The highest BCUT2D eigenvalue weighted by Crippen LogP contribution is 2.28. The number of rotatable bonds is 3. The minimum atomic E-state index is -0.108. The lowest BCUT2D eigenvalue weighted by atomic mass is 9.99. The van der Waals surface area contributed by atoms with E-state index >= 15 is 0 Å². The van der Waals surface area contributed by atoms with Gasteiger partial charge in [0.25, 0.3) is 0 Å². The van der Waals surface area contributed by atoms with Crippen LogP contribution in [0.1, 0.15) is 63.2 Å². The minimum Gasteiger partial charge on any atom is -0.260 e. The van der Waals surface area contributed by atoms with Crippen LogP contribution in [0.25, 0.3) is 0 Å². The summed E-state index contributed by atoms with van der Waals surface area (Å²) in [7, 11) is 0. The number of aromatic nitrogens is 10. The van der Waals surface area contributed by atoms with Gasteiger partial charge in [-0.15, -0.1) is 0 Å². The Balaban J connectivity index is 1.41. The predicted octanol–water partition coefficient (Wildman–Crippen LogP) is 2.95. The summed E-state index contributed by atoms with van der Waals surface area (Å²) in [4.78, 5) is 10.0. The molecule has 1 aliphatic heterocycles. The highest BCUT2D eigenvalue weighted by molar-refractivity contribution is 5.33. The maximum atomic E-state index is 5.21. The van der Waals surface area contributed by atoms with Crippen LogP contribution in [-0.4, -0.2) is 39.1 Å². The SMILES string of the molecule is Cc1c(C)[n+]2cn1Cc1nc(nn1C(c1ccccc1)c1ccccc1)Cn1c[n+](c(C)c1C)Cc1nc(n[nH]1)C2. The molecule has 0 radical (unpaired) electrons. The van der Waals surface area contributed by atoms with Gasteiger partial charge in [0.1, 0.15) is 41.9 Å². The fraction of sp³-hybridized carbons (Fsp3) is 0.290. The molecule has 0 saturated carbocycles. The summed E-state index contributed by atoms with van der Waals surface area (Å²) in [5, 5.41) is 12.9. The van der Waals surface area contributed by atoms with E-state index in [4.69, 9.17) is 15.1 Å². The summed E-state index contributed by atoms with van der Waals surface area (Å²) in [6.07, 6.45) is 4.27.